The van der Waals surface area contributed by atoms with Crippen LogP contribution in [0.15, 0.2) is 11.8 Å². The van der Waals surface area contributed by atoms with E-state index in [4.69, 9.17) is 22.2 Å². The number of aliphatic carboxylic acids is 1. The molecular formula is C13H14N2O6S2. The first-order valence-corrected chi connectivity index (χ1v) is 7.88. The molecule has 3 unspecified atom stereocenters. The molecule has 1 fully saturated rings. The molecule has 0 bridgehead atoms. The van der Waals surface area contributed by atoms with Crippen LogP contribution in [-0.4, -0.2) is 55.7 Å². The molecule has 0 aromatic heterocycles. The van der Waals surface area contributed by atoms with Crippen molar-refractivity contribution in [1.29, 1.82) is 0 Å². The van der Waals surface area contributed by atoms with Gasteiger partial charge in [0.15, 0.2) is 11.4 Å². The molecule has 2 aliphatic heterocycles. The van der Waals surface area contributed by atoms with E-state index < -0.39 is 41.0 Å². The van der Waals surface area contributed by atoms with Crippen LogP contribution in [0.4, 0.5) is 0 Å². The third kappa shape index (κ3) is 3.01. The Morgan fingerprint density at radius 2 is 2.30 bits per heavy atom. The van der Waals surface area contributed by atoms with Crippen LogP contribution in [0.1, 0.15) is 13.8 Å². The summed E-state index contributed by atoms with van der Waals surface area (Å²) in [6.45, 7) is 2.45. The van der Waals surface area contributed by atoms with Crippen LogP contribution in [0.5, 0.6) is 0 Å². The molecule has 0 aromatic carbocycles. The highest BCUT2D eigenvalue weighted by Crippen LogP contribution is 2.41. The number of Topliss-reactive ketones (excluding diaryl/α,β-unsaturated/α-hetero) is 1. The number of carboxylic acid groups (broad SMARTS) is 1. The summed E-state index contributed by atoms with van der Waals surface area (Å²) >= 11 is 5.91. The topological polar surface area (TPSA) is 113 Å². The summed E-state index contributed by atoms with van der Waals surface area (Å²) in [5.74, 6) is -3.44. The van der Waals surface area contributed by atoms with Crippen molar-refractivity contribution >= 4 is 52.2 Å². The molecule has 10 heteroatoms. The van der Waals surface area contributed by atoms with E-state index in [9.17, 15) is 19.2 Å². The summed E-state index contributed by atoms with van der Waals surface area (Å²) in [4.78, 5) is 53.3. The summed E-state index contributed by atoms with van der Waals surface area (Å²) in [6.07, 6.45) is 1.89. The largest absolute Gasteiger partial charge is 0.480 e. The van der Waals surface area contributed by atoms with Crippen LogP contribution in [0.3, 0.4) is 0 Å². The lowest BCUT2D eigenvalue weighted by molar-refractivity contribution is -0.152. The lowest BCUT2D eigenvalue weighted by Crippen LogP contribution is -2.54. The number of nitrogens with one attached hydrogen (secondary N) is 1. The van der Waals surface area contributed by atoms with Gasteiger partial charge in [-0.05, 0) is 19.9 Å². The number of hydrogen-bond acceptors (Lipinski definition) is 8. The molecule has 1 amide bonds. The van der Waals surface area contributed by atoms with E-state index in [1.807, 2.05) is 0 Å². The first-order chi connectivity index (χ1) is 10.7. The average Bonchev–Trinajstić information content (AvgIpc) is 3.01. The van der Waals surface area contributed by atoms with Crippen molar-refractivity contribution in [2.75, 3.05) is 6.54 Å². The first kappa shape index (κ1) is 17.6. The number of carbonyl (C=O) groups excluding carboxylic acids is 3. The molecule has 1 saturated heterocycles. The zero-order chi connectivity index (χ0) is 17.4. The van der Waals surface area contributed by atoms with Crippen molar-refractivity contribution in [1.82, 2.24) is 10.4 Å². The smallest absolute Gasteiger partial charge is 0.323 e. The molecule has 124 valence electrons. The highest BCUT2D eigenvalue weighted by molar-refractivity contribution is 8.24. The number of thiocarbonyl (C=S) groups is 1. The van der Waals surface area contributed by atoms with Gasteiger partial charge < -0.3 is 9.90 Å². The maximum atomic E-state index is 12.6. The van der Waals surface area contributed by atoms with Gasteiger partial charge in [0.05, 0.1) is 5.92 Å². The lowest BCUT2D eigenvalue weighted by atomic mass is 9.86. The summed E-state index contributed by atoms with van der Waals surface area (Å²) in [7, 11) is 0. The molecule has 0 saturated carbocycles. The number of amides is 1. The van der Waals surface area contributed by atoms with Crippen LogP contribution >= 0.6 is 24.0 Å². The zero-order valence-electron chi connectivity index (χ0n) is 12.3. The van der Waals surface area contributed by atoms with Crippen molar-refractivity contribution in [3.8, 4) is 0 Å². The molecule has 2 heterocycles. The van der Waals surface area contributed by atoms with Crippen molar-refractivity contribution in [3.05, 3.63) is 11.8 Å². The number of carboxylic acids is 1. The van der Waals surface area contributed by atoms with Crippen molar-refractivity contribution in [2.45, 2.75) is 24.7 Å². The molecule has 2 rings (SSSR count). The Kier molecular flexibility index (Phi) is 4.87. The van der Waals surface area contributed by atoms with Gasteiger partial charge in [-0.1, -0.05) is 24.0 Å². The van der Waals surface area contributed by atoms with E-state index in [0.29, 0.717) is 12.0 Å². The van der Waals surface area contributed by atoms with E-state index in [1.54, 1.807) is 6.92 Å². The highest BCUT2D eigenvalue weighted by atomic mass is 32.2. The molecule has 3 atom stereocenters. The number of carbonyl (C=O) groups is 4. The zero-order valence-corrected chi connectivity index (χ0v) is 13.9. The van der Waals surface area contributed by atoms with Crippen molar-refractivity contribution < 1.29 is 29.1 Å². The Labute approximate surface area is 141 Å². The monoisotopic (exact) mass is 358 g/mol. The lowest BCUT2D eigenvalue weighted by Gasteiger charge is -2.29. The predicted octanol–water partition coefficient (Wildman–Crippen LogP) is -0.119. The first-order valence-electron chi connectivity index (χ1n) is 6.59. The van der Waals surface area contributed by atoms with Crippen molar-refractivity contribution in [3.63, 3.8) is 0 Å². The molecule has 8 nitrogen and oxygen atoms in total. The summed E-state index contributed by atoms with van der Waals surface area (Å²) < 4.78 is 0.0508. The normalized spacial score (nSPS) is 28.3. The Bertz CT molecular complexity index is 634. The number of ketones is 1. The number of nitrogens with zero attached hydrogens (tertiary/aromatic N) is 1. The van der Waals surface area contributed by atoms with Gasteiger partial charge in [0, 0.05) is 5.70 Å². The Hall–Kier alpha value is -1.78. The van der Waals surface area contributed by atoms with Gasteiger partial charge in [-0.25, -0.2) is 0 Å². The number of allylic oxidation sites excluding steroid dienone is 1. The summed E-state index contributed by atoms with van der Waals surface area (Å²) in [5, 5.41) is 7.78. The number of rotatable bonds is 6. The van der Waals surface area contributed by atoms with Gasteiger partial charge in [-0.15, -0.1) is 0 Å². The van der Waals surface area contributed by atoms with Gasteiger partial charge in [-0.2, -0.15) is 0 Å². The van der Waals surface area contributed by atoms with Gasteiger partial charge in [0.1, 0.15) is 22.4 Å². The molecule has 0 radical (unpaired) electrons. The number of hydrogen-bond donors (Lipinski definition) is 2. The molecule has 0 spiro atoms. The highest BCUT2D eigenvalue weighted by Gasteiger charge is 2.58. The number of aldehydes is 1. The standard InChI is InChI=1S/C13H14N2O6S2/c1-6(5-16)9(19)13(3-7(2)14-21-13)10-11(20)15(4-8(17)18)12(22)23-10/h3,5-6,10,14H,4H2,1-2H3,(H,17,18). The van der Waals surface area contributed by atoms with E-state index in [-0.39, 0.29) is 4.32 Å². The Balaban J connectivity index is 2.41. The van der Waals surface area contributed by atoms with Gasteiger partial charge in [0.25, 0.3) is 0 Å². The minimum atomic E-state index is -1.70. The fourth-order valence-corrected chi connectivity index (χ4v) is 3.90. The second kappa shape index (κ2) is 6.38. The van der Waals surface area contributed by atoms with E-state index >= 15 is 0 Å². The van der Waals surface area contributed by atoms with Gasteiger partial charge in [-0.3, -0.25) is 29.6 Å². The van der Waals surface area contributed by atoms with Crippen LogP contribution < -0.4 is 5.48 Å². The molecule has 23 heavy (non-hydrogen) atoms. The molecule has 2 N–H and O–H groups in total. The minimum absolute atomic E-state index is 0.0508. The quantitative estimate of drug-likeness (QED) is 0.381. The summed E-state index contributed by atoms with van der Waals surface area (Å²) in [5.41, 5.74) is 1.32. The number of thioether (sulfide) groups is 1. The van der Waals surface area contributed by atoms with Crippen LogP contribution in [0, 0.1) is 5.92 Å². The van der Waals surface area contributed by atoms with E-state index in [0.717, 1.165) is 16.7 Å². The second-order valence-electron chi connectivity index (χ2n) is 5.20. The third-order valence-corrected chi connectivity index (χ3v) is 5.15. The van der Waals surface area contributed by atoms with Gasteiger partial charge >= 0.3 is 5.97 Å². The van der Waals surface area contributed by atoms with Crippen LogP contribution in [-0.2, 0) is 24.0 Å². The average molecular weight is 358 g/mol. The maximum Gasteiger partial charge on any atom is 0.323 e. The summed E-state index contributed by atoms with van der Waals surface area (Å²) in [6, 6.07) is 0. The predicted molar refractivity (Wildman–Crippen MR) is 84.3 cm³/mol. The molecular weight excluding hydrogens is 344 g/mol. The van der Waals surface area contributed by atoms with Crippen LogP contribution in [0.2, 0.25) is 0 Å². The second-order valence-corrected chi connectivity index (χ2v) is 6.93. The maximum absolute atomic E-state index is 12.6. The van der Waals surface area contributed by atoms with E-state index in [1.165, 1.54) is 13.0 Å². The number of hydroxylamine groups is 1. The van der Waals surface area contributed by atoms with Crippen molar-refractivity contribution in [2.24, 2.45) is 5.92 Å². The minimum Gasteiger partial charge on any atom is -0.480 e. The SMILES string of the molecule is CC1=CC(C(=O)C(C)C=O)(C2SC(=S)N(CC(=O)O)C2=O)ON1. The van der Waals surface area contributed by atoms with Crippen LogP contribution in [0.25, 0.3) is 0 Å². The third-order valence-electron chi connectivity index (χ3n) is 3.43. The Morgan fingerprint density at radius 3 is 2.78 bits per heavy atom. The fourth-order valence-electron chi connectivity index (χ4n) is 2.34. The fraction of sp³-hybridized carbons (Fsp3) is 0.462. The van der Waals surface area contributed by atoms with E-state index in [2.05, 4.69) is 5.48 Å². The molecule has 0 aliphatic carbocycles. The molecule has 0 aromatic rings. The Morgan fingerprint density at radius 1 is 1.65 bits per heavy atom. The van der Waals surface area contributed by atoms with Gasteiger partial charge in [0.2, 0.25) is 5.91 Å². The molecule has 2 aliphatic rings.